The molecule has 2 aromatic heterocycles. The van der Waals surface area contributed by atoms with Crippen LogP contribution in [0.5, 0.6) is 0 Å². The lowest BCUT2D eigenvalue weighted by molar-refractivity contribution is 0.139. The third kappa shape index (κ3) is 5.10. The van der Waals surface area contributed by atoms with Gasteiger partial charge in [-0.15, -0.1) is 0 Å². The summed E-state index contributed by atoms with van der Waals surface area (Å²) < 4.78 is 7.65. The molecule has 3 rings (SSSR count). The van der Waals surface area contributed by atoms with E-state index in [1.807, 2.05) is 30.3 Å². The first-order chi connectivity index (χ1) is 14.5. The molecule has 2 N–H and O–H groups in total. The van der Waals surface area contributed by atoms with Gasteiger partial charge in [0.25, 0.3) is 5.56 Å². The molecule has 0 spiro atoms. The van der Waals surface area contributed by atoms with Crippen LogP contribution in [0.4, 0.5) is 4.79 Å². The average Bonchev–Trinajstić information content (AvgIpc) is 3.14. The molecule has 3 aromatic rings. The van der Waals surface area contributed by atoms with Crippen LogP contribution in [0.25, 0.3) is 11.2 Å². The van der Waals surface area contributed by atoms with Crippen molar-refractivity contribution in [1.82, 2.24) is 24.4 Å². The zero-order chi connectivity index (χ0) is 21.5. The van der Waals surface area contributed by atoms with Crippen LogP contribution in [0.15, 0.2) is 39.9 Å². The SMILES string of the molecule is CCCCCn1c(=O)n(CCNC(=O)OCc2ccccc2)c(=O)c2[nH]c(Cl)nc21. The van der Waals surface area contributed by atoms with Crippen molar-refractivity contribution in [2.45, 2.75) is 45.9 Å². The molecule has 2 heterocycles. The van der Waals surface area contributed by atoms with Crippen molar-refractivity contribution in [1.29, 1.82) is 0 Å². The Kier molecular flexibility index (Phi) is 7.29. The smallest absolute Gasteiger partial charge is 0.407 e. The van der Waals surface area contributed by atoms with Gasteiger partial charge in [-0.05, 0) is 23.6 Å². The molecular formula is C20H24ClN5O4. The van der Waals surface area contributed by atoms with Crippen molar-refractivity contribution >= 4 is 28.9 Å². The third-order valence-corrected chi connectivity index (χ3v) is 4.81. The van der Waals surface area contributed by atoms with E-state index in [1.165, 1.54) is 4.57 Å². The van der Waals surface area contributed by atoms with Crippen LogP contribution in [0.1, 0.15) is 31.7 Å². The van der Waals surface area contributed by atoms with E-state index in [0.717, 1.165) is 29.4 Å². The van der Waals surface area contributed by atoms with E-state index in [2.05, 4.69) is 22.2 Å². The predicted molar refractivity (Wildman–Crippen MR) is 114 cm³/mol. The fraction of sp³-hybridized carbons (Fsp3) is 0.400. The molecule has 0 atom stereocenters. The Labute approximate surface area is 177 Å². The predicted octanol–water partition coefficient (Wildman–Crippen LogP) is 2.66. The highest BCUT2D eigenvalue weighted by Gasteiger charge is 2.17. The zero-order valence-corrected chi connectivity index (χ0v) is 17.4. The van der Waals surface area contributed by atoms with E-state index in [9.17, 15) is 14.4 Å². The molecule has 1 amide bonds. The standard InChI is InChI=1S/C20H24ClN5O4/c1-2-3-7-11-25-16-15(23-18(21)24-16)17(27)26(20(25)29)12-10-22-19(28)30-13-14-8-5-4-6-9-14/h4-6,8-9H,2-3,7,10-13H2,1H3,(H,22,28)(H,23,24). The molecule has 0 radical (unpaired) electrons. The first-order valence-electron chi connectivity index (χ1n) is 9.84. The summed E-state index contributed by atoms with van der Waals surface area (Å²) in [5.41, 5.74) is 0.271. The summed E-state index contributed by atoms with van der Waals surface area (Å²) in [5, 5.41) is 2.61. The monoisotopic (exact) mass is 433 g/mol. The number of carbonyl (C=O) groups excluding carboxylic acids is 1. The molecule has 0 aliphatic heterocycles. The Balaban J connectivity index is 1.69. The molecule has 9 nitrogen and oxygen atoms in total. The lowest BCUT2D eigenvalue weighted by atomic mass is 10.2. The van der Waals surface area contributed by atoms with Crippen molar-refractivity contribution in [2.24, 2.45) is 0 Å². The fourth-order valence-corrected chi connectivity index (χ4v) is 3.28. The Morgan fingerprint density at radius 2 is 1.93 bits per heavy atom. The minimum absolute atomic E-state index is 0.00153. The third-order valence-electron chi connectivity index (χ3n) is 4.64. The average molecular weight is 434 g/mol. The second kappa shape index (κ2) is 10.1. The number of halogens is 1. The number of fused-ring (bicyclic) bond motifs is 1. The van der Waals surface area contributed by atoms with Gasteiger partial charge in [0.1, 0.15) is 6.61 Å². The topological polar surface area (TPSA) is 111 Å². The Morgan fingerprint density at radius 3 is 2.67 bits per heavy atom. The number of amides is 1. The summed E-state index contributed by atoms with van der Waals surface area (Å²) in [4.78, 5) is 44.3. The minimum Gasteiger partial charge on any atom is -0.445 e. The van der Waals surface area contributed by atoms with E-state index in [0.29, 0.717) is 6.54 Å². The molecular weight excluding hydrogens is 410 g/mol. The lowest BCUT2D eigenvalue weighted by Gasteiger charge is -2.12. The van der Waals surface area contributed by atoms with Crippen LogP contribution in [0.3, 0.4) is 0 Å². The van der Waals surface area contributed by atoms with Gasteiger partial charge < -0.3 is 15.0 Å². The Morgan fingerprint density at radius 1 is 1.17 bits per heavy atom. The summed E-state index contributed by atoms with van der Waals surface area (Å²) in [7, 11) is 0. The second-order valence-corrected chi connectivity index (χ2v) is 7.17. The highest BCUT2D eigenvalue weighted by Crippen LogP contribution is 2.10. The summed E-state index contributed by atoms with van der Waals surface area (Å²) >= 11 is 5.92. The zero-order valence-electron chi connectivity index (χ0n) is 16.7. The number of H-pyrrole nitrogens is 1. The maximum Gasteiger partial charge on any atom is 0.407 e. The van der Waals surface area contributed by atoms with Crippen LogP contribution < -0.4 is 16.6 Å². The number of nitrogens with one attached hydrogen (secondary N) is 2. The van der Waals surface area contributed by atoms with Crippen molar-refractivity contribution in [3.8, 4) is 0 Å². The first-order valence-corrected chi connectivity index (χ1v) is 10.2. The number of rotatable bonds is 9. The molecule has 1 aromatic carbocycles. The van der Waals surface area contributed by atoms with Gasteiger partial charge in [-0.3, -0.25) is 13.9 Å². The number of nitrogens with zero attached hydrogens (tertiary/aromatic N) is 3. The largest absolute Gasteiger partial charge is 0.445 e. The fourth-order valence-electron chi connectivity index (χ4n) is 3.10. The lowest BCUT2D eigenvalue weighted by Crippen LogP contribution is -2.42. The van der Waals surface area contributed by atoms with Crippen molar-refractivity contribution in [3.63, 3.8) is 0 Å². The molecule has 0 unspecified atom stereocenters. The van der Waals surface area contributed by atoms with Gasteiger partial charge in [-0.25, -0.2) is 9.59 Å². The minimum atomic E-state index is -0.624. The first kappa shape index (κ1) is 21.6. The molecule has 30 heavy (non-hydrogen) atoms. The number of aromatic nitrogens is 4. The van der Waals surface area contributed by atoms with Gasteiger partial charge in [0.2, 0.25) is 5.28 Å². The van der Waals surface area contributed by atoms with Crippen LogP contribution in [-0.2, 0) is 24.4 Å². The number of aryl methyl sites for hydroxylation is 1. The normalized spacial score (nSPS) is 11.0. The maximum atomic E-state index is 12.9. The van der Waals surface area contributed by atoms with Gasteiger partial charge >= 0.3 is 11.8 Å². The van der Waals surface area contributed by atoms with E-state index >= 15 is 0 Å². The van der Waals surface area contributed by atoms with E-state index in [1.54, 1.807) is 0 Å². The van der Waals surface area contributed by atoms with Gasteiger partial charge in [-0.2, -0.15) is 4.98 Å². The number of benzene rings is 1. The quantitative estimate of drug-likeness (QED) is 0.398. The molecule has 160 valence electrons. The molecule has 0 saturated heterocycles. The molecule has 0 saturated carbocycles. The van der Waals surface area contributed by atoms with E-state index < -0.39 is 17.3 Å². The molecule has 0 fully saturated rings. The number of hydrogen-bond donors (Lipinski definition) is 2. The highest BCUT2D eigenvalue weighted by molar-refractivity contribution is 6.28. The van der Waals surface area contributed by atoms with Crippen LogP contribution in [-0.4, -0.2) is 31.7 Å². The number of hydrogen-bond acceptors (Lipinski definition) is 5. The highest BCUT2D eigenvalue weighted by atomic mass is 35.5. The van der Waals surface area contributed by atoms with Crippen molar-refractivity contribution < 1.29 is 9.53 Å². The molecule has 10 heteroatoms. The van der Waals surface area contributed by atoms with Gasteiger partial charge in [0, 0.05) is 19.6 Å². The summed E-state index contributed by atoms with van der Waals surface area (Å²) in [5.74, 6) is 0. The number of ether oxygens (including phenoxy) is 1. The number of unbranched alkanes of at least 4 members (excludes halogenated alkanes) is 2. The van der Waals surface area contributed by atoms with E-state index in [4.69, 9.17) is 16.3 Å². The van der Waals surface area contributed by atoms with Gasteiger partial charge in [0.15, 0.2) is 11.2 Å². The van der Waals surface area contributed by atoms with Crippen LogP contribution in [0.2, 0.25) is 5.28 Å². The van der Waals surface area contributed by atoms with Gasteiger partial charge in [-0.1, -0.05) is 50.1 Å². The van der Waals surface area contributed by atoms with E-state index in [-0.39, 0.29) is 36.1 Å². The molecule has 0 bridgehead atoms. The van der Waals surface area contributed by atoms with Crippen LogP contribution >= 0.6 is 11.6 Å². The molecule has 0 aliphatic carbocycles. The maximum absolute atomic E-state index is 12.9. The van der Waals surface area contributed by atoms with Crippen molar-refractivity contribution in [2.75, 3.05) is 6.54 Å². The second-order valence-electron chi connectivity index (χ2n) is 6.81. The Bertz CT molecular complexity index is 1120. The van der Waals surface area contributed by atoms with Gasteiger partial charge in [0.05, 0.1) is 0 Å². The summed E-state index contributed by atoms with van der Waals surface area (Å²) in [6, 6.07) is 9.27. The number of alkyl carbamates (subject to hydrolysis) is 1. The van der Waals surface area contributed by atoms with Crippen LogP contribution in [0, 0.1) is 0 Å². The summed E-state index contributed by atoms with van der Waals surface area (Å²) in [6.07, 6.45) is 2.09. The van der Waals surface area contributed by atoms with Crippen molar-refractivity contribution in [3.05, 3.63) is 62.0 Å². The number of imidazole rings is 1. The summed E-state index contributed by atoms with van der Waals surface area (Å²) in [6.45, 7) is 2.68. The number of carbonyl (C=O) groups is 1. The number of aromatic amines is 1. The Hall–Kier alpha value is -3.07. The molecule has 0 aliphatic rings.